The van der Waals surface area contributed by atoms with Gasteiger partial charge in [-0.3, -0.25) is 4.79 Å². The number of hydrogen-bond acceptors (Lipinski definition) is 8. The first-order valence-electron chi connectivity index (χ1n) is 10.7. The van der Waals surface area contributed by atoms with Crippen LogP contribution in [0.15, 0.2) is 76.7 Å². The lowest BCUT2D eigenvalue weighted by Gasteiger charge is -2.23. The largest absolute Gasteiger partial charge is 0.504 e. The summed E-state index contributed by atoms with van der Waals surface area (Å²) in [5.74, 6) is 0.00500. The lowest BCUT2D eigenvalue weighted by atomic mass is 10.2. The quantitative estimate of drug-likeness (QED) is 0.298. The number of methoxy groups -OCH3 is 3. The Morgan fingerprint density at radius 3 is 2.36 bits per heavy atom. The van der Waals surface area contributed by atoms with Crippen LogP contribution < -0.4 is 19.6 Å². The van der Waals surface area contributed by atoms with Gasteiger partial charge in [0.1, 0.15) is 16.4 Å². The van der Waals surface area contributed by atoms with Crippen molar-refractivity contribution in [3.8, 4) is 23.0 Å². The smallest absolute Gasteiger partial charge is 0.255 e. The Balaban J connectivity index is 1.85. The van der Waals surface area contributed by atoms with E-state index >= 15 is 0 Å². The molecule has 11 heteroatoms. The van der Waals surface area contributed by atoms with E-state index in [1.165, 1.54) is 51.8 Å². The van der Waals surface area contributed by atoms with E-state index in [9.17, 15) is 18.3 Å². The molecule has 0 spiro atoms. The molecule has 0 aliphatic rings. The zero-order chi connectivity index (χ0) is 26.1. The third-order valence-corrected chi connectivity index (χ3v) is 6.93. The van der Waals surface area contributed by atoms with Crippen molar-refractivity contribution in [1.82, 2.24) is 9.73 Å². The lowest BCUT2D eigenvalue weighted by molar-refractivity contribution is -0.121. The van der Waals surface area contributed by atoms with Crippen molar-refractivity contribution >= 4 is 22.1 Å². The number of nitrogens with zero attached hydrogens (tertiary/aromatic N) is 2. The summed E-state index contributed by atoms with van der Waals surface area (Å²) in [5, 5.41) is 13.6. The number of hydrazone groups is 1. The highest BCUT2D eigenvalue weighted by Gasteiger charge is 2.30. The number of rotatable bonds is 11. The molecule has 0 radical (unpaired) electrons. The van der Waals surface area contributed by atoms with Crippen LogP contribution in [-0.4, -0.2) is 57.8 Å². The number of nitrogens with one attached hydrogen (secondary N) is 1. The summed E-state index contributed by atoms with van der Waals surface area (Å²) in [6.07, 6.45) is 1.35. The second kappa shape index (κ2) is 12.0. The maximum absolute atomic E-state index is 13.7. The van der Waals surface area contributed by atoms with E-state index < -0.39 is 22.5 Å². The van der Waals surface area contributed by atoms with E-state index in [0.29, 0.717) is 16.9 Å². The number of ether oxygens (including phenoxy) is 3. The number of amides is 1. The highest BCUT2D eigenvalue weighted by Crippen LogP contribution is 2.31. The van der Waals surface area contributed by atoms with Gasteiger partial charge in [-0.1, -0.05) is 30.3 Å². The summed E-state index contributed by atoms with van der Waals surface area (Å²) in [7, 11) is 0.0131. The van der Waals surface area contributed by atoms with Crippen LogP contribution in [0.25, 0.3) is 0 Å². The lowest BCUT2D eigenvalue weighted by Crippen LogP contribution is -2.39. The van der Waals surface area contributed by atoms with Gasteiger partial charge in [0.2, 0.25) is 10.0 Å². The van der Waals surface area contributed by atoms with Crippen LogP contribution in [0, 0.1) is 0 Å². The van der Waals surface area contributed by atoms with Crippen LogP contribution >= 0.6 is 0 Å². The molecule has 1 amide bonds. The normalized spacial score (nSPS) is 11.4. The summed E-state index contributed by atoms with van der Waals surface area (Å²) in [5.41, 5.74) is 3.58. The second-order valence-electron chi connectivity index (χ2n) is 7.50. The van der Waals surface area contributed by atoms with Gasteiger partial charge in [0.15, 0.2) is 11.5 Å². The predicted molar refractivity (Wildman–Crippen MR) is 134 cm³/mol. The highest BCUT2D eigenvalue weighted by atomic mass is 32.2. The van der Waals surface area contributed by atoms with Crippen molar-refractivity contribution in [1.29, 1.82) is 0 Å². The standard InChI is InChI=1S/C25H27N3O7S/c1-33-20-10-12-22(34-2)24(14-20)36(31,32)28(16-18-7-5-4-6-8-18)17-25(30)27-26-15-19-9-11-21(29)23(13-19)35-3/h4-15,29H,16-17H2,1-3H3,(H,27,30)/b26-15+. The number of phenolic OH excluding ortho intramolecular Hbond substituents is 1. The number of phenols is 1. The predicted octanol–water partition coefficient (Wildman–Crippen LogP) is 2.76. The van der Waals surface area contributed by atoms with Crippen molar-refractivity contribution in [3.05, 3.63) is 77.9 Å². The van der Waals surface area contributed by atoms with Crippen molar-refractivity contribution in [3.63, 3.8) is 0 Å². The van der Waals surface area contributed by atoms with Gasteiger partial charge in [-0.25, -0.2) is 13.8 Å². The SMILES string of the molecule is COc1ccc(OC)c(S(=O)(=O)N(CC(=O)N/N=C/c2ccc(O)c(OC)c2)Cc2ccccc2)c1. The van der Waals surface area contributed by atoms with Gasteiger partial charge in [0.25, 0.3) is 5.91 Å². The molecule has 0 atom stereocenters. The van der Waals surface area contributed by atoms with Crippen LogP contribution in [0.1, 0.15) is 11.1 Å². The molecule has 3 aromatic carbocycles. The topological polar surface area (TPSA) is 127 Å². The Hall–Kier alpha value is -4.09. The molecule has 2 N–H and O–H groups in total. The molecular formula is C25H27N3O7S. The van der Waals surface area contributed by atoms with Crippen LogP contribution in [0.2, 0.25) is 0 Å². The maximum atomic E-state index is 13.7. The molecule has 36 heavy (non-hydrogen) atoms. The van der Waals surface area contributed by atoms with Gasteiger partial charge >= 0.3 is 0 Å². The first kappa shape index (κ1) is 26.5. The zero-order valence-electron chi connectivity index (χ0n) is 20.0. The van der Waals surface area contributed by atoms with Crippen LogP contribution in [-0.2, 0) is 21.4 Å². The average Bonchev–Trinajstić information content (AvgIpc) is 2.89. The van der Waals surface area contributed by atoms with Crippen LogP contribution in [0.3, 0.4) is 0 Å². The Kier molecular flexibility index (Phi) is 8.87. The van der Waals surface area contributed by atoms with Crippen molar-refractivity contribution in [2.75, 3.05) is 27.9 Å². The fraction of sp³-hybridized carbons (Fsp3) is 0.200. The molecule has 0 aliphatic carbocycles. The molecule has 0 aliphatic heterocycles. The van der Waals surface area contributed by atoms with Gasteiger partial charge in [-0.05, 0) is 41.5 Å². The molecule has 190 valence electrons. The third-order valence-electron chi connectivity index (χ3n) is 5.12. The van der Waals surface area contributed by atoms with Crippen LogP contribution in [0.5, 0.6) is 23.0 Å². The first-order chi connectivity index (χ1) is 17.3. The summed E-state index contributed by atoms with van der Waals surface area (Å²) < 4.78 is 43.8. The number of carbonyl (C=O) groups excluding carboxylic acids is 1. The summed E-state index contributed by atoms with van der Waals surface area (Å²) in [4.78, 5) is 12.6. The van der Waals surface area contributed by atoms with Gasteiger partial charge in [-0.2, -0.15) is 9.41 Å². The van der Waals surface area contributed by atoms with Gasteiger partial charge in [-0.15, -0.1) is 0 Å². The summed E-state index contributed by atoms with van der Waals surface area (Å²) in [6.45, 7) is -0.566. The summed E-state index contributed by atoms with van der Waals surface area (Å²) >= 11 is 0. The van der Waals surface area contributed by atoms with E-state index in [-0.39, 0.29) is 28.7 Å². The van der Waals surface area contributed by atoms with Crippen LogP contribution in [0.4, 0.5) is 0 Å². The molecule has 0 heterocycles. The molecule has 3 aromatic rings. The number of hydrogen-bond donors (Lipinski definition) is 2. The maximum Gasteiger partial charge on any atom is 0.255 e. The van der Waals surface area contributed by atoms with Crippen molar-refractivity contribution in [2.45, 2.75) is 11.4 Å². The third kappa shape index (κ3) is 6.52. The molecule has 3 rings (SSSR count). The average molecular weight is 514 g/mol. The Bertz CT molecular complexity index is 1330. The Labute approximate surface area is 209 Å². The van der Waals surface area contributed by atoms with E-state index in [0.717, 1.165) is 4.31 Å². The molecular weight excluding hydrogens is 486 g/mol. The second-order valence-corrected chi connectivity index (χ2v) is 9.41. The number of carbonyl (C=O) groups is 1. The van der Waals surface area contributed by atoms with Gasteiger partial charge in [0.05, 0.1) is 34.1 Å². The van der Waals surface area contributed by atoms with Crippen molar-refractivity contribution < 1.29 is 32.5 Å². The monoisotopic (exact) mass is 513 g/mol. The minimum atomic E-state index is -4.19. The van der Waals surface area contributed by atoms with E-state index in [1.54, 1.807) is 36.4 Å². The van der Waals surface area contributed by atoms with E-state index in [2.05, 4.69) is 10.5 Å². The zero-order valence-corrected chi connectivity index (χ0v) is 20.9. The minimum absolute atomic E-state index is 0.0339. The van der Waals surface area contributed by atoms with E-state index in [4.69, 9.17) is 14.2 Å². The molecule has 0 bridgehead atoms. The first-order valence-corrected chi connectivity index (χ1v) is 12.2. The fourth-order valence-corrected chi connectivity index (χ4v) is 4.84. The number of benzene rings is 3. The Morgan fingerprint density at radius 1 is 0.972 bits per heavy atom. The highest BCUT2D eigenvalue weighted by molar-refractivity contribution is 7.89. The minimum Gasteiger partial charge on any atom is -0.504 e. The molecule has 10 nitrogen and oxygen atoms in total. The van der Waals surface area contributed by atoms with Gasteiger partial charge in [0, 0.05) is 12.6 Å². The fourth-order valence-electron chi connectivity index (χ4n) is 3.29. The number of sulfonamides is 1. The molecule has 0 fully saturated rings. The Morgan fingerprint density at radius 2 is 1.69 bits per heavy atom. The molecule has 0 saturated heterocycles. The molecule has 0 aromatic heterocycles. The van der Waals surface area contributed by atoms with Crippen molar-refractivity contribution in [2.24, 2.45) is 5.10 Å². The van der Waals surface area contributed by atoms with Gasteiger partial charge < -0.3 is 19.3 Å². The summed E-state index contributed by atoms with van der Waals surface area (Å²) in [6, 6.07) is 17.9. The van der Waals surface area contributed by atoms with E-state index in [1.807, 2.05) is 6.07 Å². The molecule has 0 saturated carbocycles. The molecule has 0 unspecified atom stereocenters. The number of aromatic hydroxyl groups is 1.